The predicted octanol–water partition coefficient (Wildman–Crippen LogP) is 1.39. The fraction of sp³-hybridized carbons (Fsp3) is 0.929. The van der Waals surface area contributed by atoms with Crippen molar-refractivity contribution in [1.82, 2.24) is 10.2 Å². The van der Waals surface area contributed by atoms with Gasteiger partial charge in [-0.15, -0.1) is 0 Å². The van der Waals surface area contributed by atoms with E-state index in [0.717, 1.165) is 25.9 Å². The lowest BCUT2D eigenvalue weighted by Crippen LogP contribution is -2.42. The van der Waals surface area contributed by atoms with Gasteiger partial charge in [0, 0.05) is 19.1 Å². The van der Waals surface area contributed by atoms with E-state index < -0.39 is 0 Å². The molecule has 4 heteroatoms. The van der Waals surface area contributed by atoms with Crippen molar-refractivity contribution in [1.29, 1.82) is 0 Å². The van der Waals surface area contributed by atoms with Gasteiger partial charge in [0.15, 0.2) is 0 Å². The van der Waals surface area contributed by atoms with Gasteiger partial charge in [-0.3, -0.25) is 4.79 Å². The highest BCUT2D eigenvalue weighted by atomic mass is 16.3. The molecular weight excluding hydrogens is 228 g/mol. The van der Waals surface area contributed by atoms with Crippen LogP contribution in [0.4, 0.5) is 0 Å². The molecule has 0 aromatic carbocycles. The molecule has 1 rings (SSSR count). The Bertz CT molecular complexity index is 246. The van der Waals surface area contributed by atoms with E-state index in [9.17, 15) is 4.79 Å². The van der Waals surface area contributed by atoms with Crippen LogP contribution in [0.15, 0.2) is 0 Å². The van der Waals surface area contributed by atoms with Crippen LogP contribution in [0.5, 0.6) is 0 Å². The molecule has 0 radical (unpaired) electrons. The number of carbonyl (C=O) groups is 1. The SMILES string of the molecule is CCCCCCN(CCO)C(=O)C1CCNC1C. The third-order valence-corrected chi connectivity index (χ3v) is 3.81. The van der Waals surface area contributed by atoms with E-state index in [0.29, 0.717) is 6.54 Å². The van der Waals surface area contributed by atoms with Crippen molar-refractivity contribution in [2.75, 3.05) is 26.2 Å². The molecule has 1 heterocycles. The molecule has 4 nitrogen and oxygen atoms in total. The topological polar surface area (TPSA) is 52.6 Å². The van der Waals surface area contributed by atoms with Crippen LogP contribution in [0.3, 0.4) is 0 Å². The highest BCUT2D eigenvalue weighted by molar-refractivity contribution is 5.79. The van der Waals surface area contributed by atoms with Crippen LogP contribution in [0.2, 0.25) is 0 Å². The number of hydrogen-bond acceptors (Lipinski definition) is 3. The number of rotatable bonds is 8. The molecule has 1 saturated heterocycles. The molecule has 2 unspecified atom stereocenters. The van der Waals surface area contributed by atoms with Gasteiger partial charge in [-0.2, -0.15) is 0 Å². The number of aliphatic hydroxyl groups excluding tert-OH is 1. The Morgan fingerprint density at radius 1 is 1.33 bits per heavy atom. The van der Waals surface area contributed by atoms with Gasteiger partial charge in [0.05, 0.1) is 12.5 Å². The summed E-state index contributed by atoms with van der Waals surface area (Å²) in [6.45, 7) is 6.53. The summed E-state index contributed by atoms with van der Waals surface area (Å²) in [4.78, 5) is 14.2. The zero-order chi connectivity index (χ0) is 13.4. The molecule has 106 valence electrons. The van der Waals surface area contributed by atoms with E-state index >= 15 is 0 Å². The third-order valence-electron chi connectivity index (χ3n) is 3.81. The summed E-state index contributed by atoms with van der Waals surface area (Å²) in [7, 11) is 0. The average molecular weight is 256 g/mol. The Morgan fingerprint density at radius 3 is 2.67 bits per heavy atom. The lowest BCUT2D eigenvalue weighted by molar-refractivity contribution is -0.136. The van der Waals surface area contributed by atoms with Crippen LogP contribution < -0.4 is 5.32 Å². The molecule has 0 bridgehead atoms. The zero-order valence-electron chi connectivity index (χ0n) is 11.8. The smallest absolute Gasteiger partial charge is 0.227 e. The molecule has 1 aliphatic heterocycles. The summed E-state index contributed by atoms with van der Waals surface area (Å²) in [5, 5.41) is 12.4. The van der Waals surface area contributed by atoms with Gasteiger partial charge in [0.1, 0.15) is 0 Å². The average Bonchev–Trinajstić information content (AvgIpc) is 2.78. The summed E-state index contributed by atoms with van der Waals surface area (Å²) in [6, 6.07) is 0.273. The van der Waals surface area contributed by atoms with Crippen molar-refractivity contribution in [2.45, 2.75) is 52.0 Å². The first-order chi connectivity index (χ1) is 8.70. The maximum absolute atomic E-state index is 12.4. The van der Waals surface area contributed by atoms with E-state index in [1.807, 2.05) is 4.90 Å². The maximum Gasteiger partial charge on any atom is 0.227 e. The predicted molar refractivity (Wildman–Crippen MR) is 73.4 cm³/mol. The van der Waals surface area contributed by atoms with Crippen LogP contribution >= 0.6 is 0 Å². The van der Waals surface area contributed by atoms with Crippen molar-refractivity contribution in [3.63, 3.8) is 0 Å². The molecule has 1 fully saturated rings. The molecule has 0 spiro atoms. The summed E-state index contributed by atoms with van der Waals surface area (Å²) >= 11 is 0. The number of aliphatic hydroxyl groups is 1. The van der Waals surface area contributed by atoms with Crippen molar-refractivity contribution >= 4 is 5.91 Å². The number of unbranched alkanes of at least 4 members (excludes halogenated alkanes) is 3. The van der Waals surface area contributed by atoms with Crippen LogP contribution in [-0.4, -0.2) is 48.2 Å². The molecule has 0 aliphatic carbocycles. The van der Waals surface area contributed by atoms with Crippen molar-refractivity contribution in [3.8, 4) is 0 Å². The van der Waals surface area contributed by atoms with Gasteiger partial charge in [-0.05, 0) is 26.3 Å². The number of nitrogens with zero attached hydrogens (tertiary/aromatic N) is 1. The molecule has 0 aromatic rings. The minimum atomic E-state index is 0.0635. The molecule has 2 N–H and O–H groups in total. The van der Waals surface area contributed by atoms with E-state index in [2.05, 4.69) is 19.2 Å². The molecule has 1 aliphatic rings. The Balaban J connectivity index is 2.41. The number of nitrogens with one attached hydrogen (secondary N) is 1. The summed E-state index contributed by atoms with van der Waals surface area (Å²) < 4.78 is 0. The van der Waals surface area contributed by atoms with Crippen LogP contribution in [0.1, 0.15) is 46.0 Å². The van der Waals surface area contributed by atoms with Gasteiger partial charge in [-0.1, -0.05) is 26.2 Å². The third kappa shape index (κ3) is 4.58. The molecule has 1 amide bonds. The van der Waals surface area contributed by atoms with Gasteiger partial charge >= 0.3 is 0 Å². The highest BCUT2D eigenvalue weighted by Crippen LogP contribution is 2.18. The van der Waals surface area contributed by atoms with Gasteiger partial charge < -0.3 is 15.3 Å². The standard InChI is InChI=1S/C14H28N2O2/c1-3-4-5-6-9-16(10-11-17)14(18)13-7-8-15-12(13)2/h12-13,15,17H,3-11H2,1-2H3. The lowest BCUT2D eigenvalue weighted by atomic mass is 10.00. The van der Waals surface area contributed by atoms with Crippen LogP contribution in [0.25, 0.3) is 0 Å². The molecular formula is C14H28N2O2. The lowest BCUT2D eigenvalue weighted by Gasteiger charge is -2.26. The molecule has 0 saturated carbocycles. The molecule has 0 aromatic heterocycles. The summed E-state index contributed by atoms with van der Waals surface area (Å²) in [5.41, 5.74) is 0. The number of amides is 1. The second-order valence-electron chi connectivity index (χ2n) is 5.25. The quantitative estimate of drug-likeness (QED) is 0.645. The first kappa shape index (κ1) is 15.4. The molecule has 2 atom stereocenters. The van der Waals surface area contributed by atoms with E-state index in [-0.39, 0.29) is 24.5 Å². The first-order valence-corrected chi connectivity index (χ1v) is 7.33. The van der Waals surface area contributed by atoms with Gasteiger partial charge in [0.25, 0.3) is 0 Å². The Hall–Kier alpha value is -0.610. The normalized spacial score (nSPS) is 23.3. The van der Waals surface area contributed by atoms with Gasteiger partial charge in [-0.25, -0.2) is 0 Å². The summed E-state index contributed by atoms with van der Waals surface area (Å²) in [5.74, 6) is 0.320. The Kier molecular flexibility index (Phi) is 7.28. The Labute approximate surface area is 111 Å². The minimum absolute atomic E-state index is 0.0635. The van der Waals surface area contributed by atoms with Crippen LogP contribution in [0, 0.1) is 5.92 Å². The van der Waals surface area contributed by atoms with E-state index in [1.165, 1.54) is 19.3 Å². The van der Waals surface area contributed by atoms with E-state index in [4.69, 9.17) is 5.11 Å². The Morgan fingerprint density at radius 2 is 2.11 bits per heavy atom. The van der Waals surface area contributed by atoms with E-state index in [1.54, 1.807) is 0 Å². The fourth-order valence-corrected chi connectivity index (χ4v) is 2.61. The number of carbonyl (C=O) groups excluding carboxylic acids is 1. The monoisotopic (exact) mass is 256 g/mol. The van der Waals surface area contributed by atoms with Crippen LogP contribution in [-0.2, 0) is 4.79 Å². The number of hydrogen-bond donors (Lipinski definition) is 2. The minimum Gasteiger partial charge on any atom is -0.395 e. The largest absolute Gasteiger partial charge is 0.395 e. The summed E-state index contributed by atoms with van der Waals surface area (Å²) in [6.07, 6.45) is 5.58. The highest BCUT2D eigenvalue weighted by Gasteiger charge is 2.32. The van der Waals surface area contributed by atoms with Crippen molar-refractivity contribution < 1.29 is 9.90 Å². The van der Waals surface area contributed by atoms with Gasteiger partial charge in [0.2, 0.25) is 5.91 Å². The fourth-order valence-electron chi connectivity index (χ4n) is 2.61. The second kappa shape index (κ2) is 8.48. The van der Waals surface area contributed by atoms with Crippen molar-refractivity contribution in [2.24, 2.45) is 5.92 Å². The molecule has 18 heavy (non-hydrogen) atoms. The van der Waals surface area contributed by atoms with Crippen molar-refractivity contribution in [3.05, 3.63) is 0 Å². The second-order valence-corrected chi connectivity index (χ2v) is 5.25. The first-order valence-electron chi connectivity index (χ1n) is 7.33. The maximum atomic E-state index is 12.4. The zero-order valence-corrected chi connectivity index (χ0v) is 11.8.